The van der Waals surface area contributed by atoms with E-state index in [4.69, 9.17) is 5.73 Å². The lowest BCUT2D eigenvalue weighted by Crippen LogP contribution is -2.33. The summed E-state index contributed by atoms with van der Waals surface area (Å²) in [7, 11) is 0. The van der Waals surface area contributed by atoms with Gasteiger partial charge in [-0.1, -0.05) is 30.4 Å². The van der Waals surface area contributed by atoms with Gasteiger partial charge in [0.2, 0.25) is 0 Å². The van der Waals surface area contributed by atoms with Crippen molar-refractivity contribution in [1.29, 1.82) is 0 Å². The Morgan fingerprint density at radius 2 is 2.15 bits per heavy atom. The lowest BCUT2D eigenvalue weighted by atomic mass is 10.2. The maximum absolute atomic E-state index is 5.76. The molecule has 0 fully saturated rings. The number of hydrogen-bond acceptors (Lipinski definition) is 1. The molecule has 1 heterocycles. The Bertz CT molecular complexity index is 610. The van der Waals surface area contributed by atoms with E-state index in [1.807, 2.05) is 6.92 Å². The lowest BCUT2D eigenvalue weighted by molar-refractivity contribution is 0.646. The van der Waals surface area contributed by atoms with Gasteiger partial charge in [0.1, 0.15) is 0 Å². The Labute approximate surface area is 120 Å². The highest BCUT2D eigenvalue weighted by Crippen LogP contribution is 2.15. The second-order valence-corrected chi connectivity index (χ2v) is 5.01. The second kappa shape index (κ2) is 6.80. The highest BCUT2D eigenvalue weighted by atomic mass is 15.1. The molecule has 0 amide bonds. The van der Waals surface area contributed by atoms with Crippen molar-refractivity contribution < 1.29 is 0 Å². The van der Waals surface area contributed by atoms with E-state index in [1.54, 1.807) is 0 Å². The maximum atomic E-state index is 5.76. The van der Waals surface area contributed by atoms with Gasteiger partial charge in [0, 0.05) is 24.8 Å². The predicted molar refractivity (Wildman–Crippen MR) is 85.9 cm³/mol. The molecule has 4 nitrogen and oxygen atoms in total. The van der Waals surface area contributed by atoms with E-state index in [-0.39, 0.29) is 0 Å². The van der Waals surface area contributed by atoms with Crippen LogP contribution in [0.15, 0.2) is 53.7 Å². The Morgan fingerprint density at radius 3 is 2.95 bits per heavy atom. The number of benzene rings is 1. The molecule has 0 saturated carbocycles. The van der Waals surface area contributed by atoms with Crippen molar-refractivity contribution in [3.05, 3.63) is 48.7 Å². The summed E-state index contributed by atoms with van der Waals surface area (Å²) >= 11 is 0. The third-order valence-corrected chi connectivity index (χ3v) is 3.08. The molecule has 0 atom stereocenters. The number of nitrogens with zero attached hydrogens (tertiary/aromatic N) is 2. The first kappa shape index (κ1) is 14.2. The first-order valence-electron chi connectivity index (χ1n) is 6.89. The predicted octanol–water partition coefficient (Wildman–Crippen LogP) is 2.51. The van der Waals surface area contributed by atoms with E-state index in [0.29, 0.717) is 12.5 Å². The number of aliphatic imine (C=N–C) groups is 1. The van der Waals surface area contributed by atoms with Crippen LogP contribution in [0.25, 0.3) is 10.9 Å². The van der Waals surface area contributed by atoms with Crippen molar-refractivity contribution in [1.82, 2.24) is 9.88 Å². The minimum atomic E-state index is 0.491. The molecular formula is C16H22N4. The zero-order valence-electron chi connectivity index (χ0n) is 12.0. The first-order valence-corrected chi connectivity index (χ1v) is 6.89. The van der Waals surface area contributed by atoms with Crippen molar-refractivity contribution in [3.8, 4) is 0 Å². The second-order valence-electron chi connectivity index (χ2n) is 5.01. The van der Waals surface area contributed by atoms with Crippen molar-refractivity contribution in [3.63, 3.8) is 0 Å². The molecule has 1 aromatic heterocycles. The molecule has 2 aromatic rings. The number of para-hydroxylation sites is 1. The summed E-state index contributed by atoms with van der Waals surface area (Å²) in [4.78, 5) is 4.19. The quantitative estimate of drug-likeness (QED) is 0.367. The minimum Gasteiger partial charge on any atom is -0.370 e. The fraction of sp³-hybridized carbons (Fsp3) is 0.312. The van der Waals surface area contributed by atoms with Crippen LogP contribution in [0.4, 0.5) is 0 Å². The third kappa shape index (κ3) is 3.88. The lowest BCUT2D eigenvalue weighted by Gasteiger charge is -2.07. The molecule has 0 aliphatic heterocycles. The van der Waals surface area contributed by atoms with Gasteiger partial charge in [0.05, 0.1) is 6.54 Å². The van der Waals surface area contributed by atoms with Crippen molar-refractivity contribution in [2.75, 3.05) is 13.1 Å². The summed E-state index contributed by atoms with van der Waals surface area (Å²) in [5.41, 5.74) is 8.05. The molecule has 0 spiro atoms. The van der Waals surface area contributed by atoms with Gasteiger partial charge in [-0.05, 0) is 30.9 Å². The van der Waals surface area contributed by atoms with Crippen LogP contribution in [0.2, 0.25) is 0 Å². The van der Waals surface area contributed by atoms with Crippen LogP contribution in [0.5, 0.6) is 0 Å². The van der Waals surface area contributed by atoms with Crippen LogP contribution in [0, 0.1) is 0 Å². The van der Waals surface area contributed by atoms with Gasteiger partial charge >= 0.3 is 0 Å². The van der Waals surface area contributed by atoms with Gasteiger partial charge in [-0.3, -0.25) is 0 Å². The first-order chi connectivity index (χ1) is 9.66. The Morgan fingerprint density at radius 1 is 1.35 bits per heavy atom. The molecule has 0 bridgehead atoms. The number of nitrogens with one attached hydrogen (secondary N) is 1. The third-order valence-electron chi connectivity index (χ3n) is 3.08. The van der Waals surface area contributed by atoms with Gasteiger partial charge in [0.25, 0.3) is 0 Å². The van der Waals surface area contributed by atoms with Crippen LogP contribution in [-0.2, 0) is 6.54 Å². The zero-order chi connectivity index (χ0) is 14.4. The molecule has 3 N–H and O–H groups in total. The summed E-state index contributed by atoms with van der Waals surface area (Å²) < 4.78 is 2.26. The Balaban J connectivity index is 1.79. The van der Waals surface area contributed by atoms with E-state index in [9.17, 15) is 0 Å². The average Bonchev–Trinajstić information content (AvgIpc) is 2.85. The number of nitrogens with two attached hydrogens (primary N) is 1. The topological polar surface area (TPSA) is 55.3 Å². The number of rotatable bonds is 6. The molecule has 1 aromatic carbocycles. The van der Waals surface area contributed by atoms with Crippen LogP contribution < -0.4 is 11.1 Å². The van der Waals surface area contributed by atoms with E-state index >= 15 is 0 Å². The average molecular weight is 270 g/mol. The molecule has 4 heteroatoms. The van der Waals surface area contributed by atoms with Gasteiger partial charge < -0.3 is 15.6 Å². The molecular weight excluding hydrogens is 248 g/mol. The molecule has 106 valence electrons. The zero-order valence-corrected chi connectivity index (χ0v) is 12.0. The van der Waals surface area contributed by atoms with Crippen LogP contribution >= 0.6 is 0 Å². The van der Waals surface area contributed by atoms with Crippen molar-refractivity contribution in [2.45, 2.75) is 19.9 Å². The van der Waals surface area contributed by atoms with Crippen LogP contribution in [-0.4, -0.2) is 23.6 Å². The van der Waals surface area contributed by atoms with Crippen LogP contribution in [0.3, 0.4) is 0 Å². The molecule has 20 heavy (non-hydrogen) atoms. The molecule has 0 radical (unpaired) electrons. The maximum Gasteiger partial charge on any atom is 0.188 e. The normalized spacial score (nSPS) is 11.8. The Hall–Kier alpha value is -2.23. The van der Waals surface area contributed by atoms with E-state index < -0.39 is 0 Å². The summed E-state index contributed by atoms with van der Waals surface area (Å²) in [6, 6.07) is 10.6. The number of fused-ring (bicyclic) bond motifs is 1. The monoisotopic (exact) mass is 270 g/mol. The van der Waals surface area contributed by atoms with Crippen LogP contribution in [0.1, 0.15) is 13.3 Å². The fourth-order valence-electron chi connectivity index (χ4n) is 2.08. The SMILES string of the molecule is C=C(C)CN=C(N)NCCCn1ccc2ccccc21. The summed E-state index contributed by atoms with van der Waals surface area (Å²) in [5.74, 6) is 0.491. The largest absolute Gasteiger partial charge is 0.370 e. The summed E-state index contributed by atoms with van der Waals surface area (Å²) in [5, 5.41) is 4.40. The molecule has 0 unspecified atom stereocenters. The fourth-order valence-corrected chi connectivity index (χ4v) is 2.08. The summed E-state index contributed by atoms with van der Waals surface area (Å²) in [6.45, 7) is 8.10. The minimum absolute atomic E-state index is 0.491. The van der Waals surface area contributed by atoms with Gasteiger partial charge in [0.15, 0.2) is 5.96 Å². The number of aromatic nitrogens is 1. The van der Waals surface area contributed by atoms with Gasteiger partial charge in [-0.2, -0.15) is 0 Å². The summed E-state index contributed by atoms with van der Waals surface area (Å²) in [6.07, 6.45) is 3.13. The number of aryl methyl sites for hydroxylation is 1. The molecule has 2 rings (SSSR count). The Kier molecular flexibility index (Phi) is 4.82. The number of guanidine groups is 1. The van der Waals surface area contributed by atoms with E-state index in [0.717, 1.165) is 25.1 Å². The highest BCUT2D eigenvalue weighted by Gasteiger charge is 1.99. The molecule has 0 saturated heterocycles. The van der Waals surface area contributed by atoms with Crippen molar-refractivity contribution >= 4 is 16.9 Å². The standard InChI is InChI=1S/C16H22N4/c1-13(2)12-19-16(17)18-9-5-10-20-11-8-14-6-3-4-7-15(14)20/h3-4,6-8,11H,1,5,9-10,12H2,2H3,(H3,17,18,19). The van der Waals surface area contributed by atoms with E-state index in [1.165, 1.54) is 10.9 Å². The molecule has 0 aliphatic rings. The van der Waals surface area contributed by atoms with Gasteiger partial charge in [-0.15, -0.1) is 0 Å². The van der Waals surface area contributed by atoms with Gasteiger partial charge in [-0.25, -0.2) is 4.99 Å². The number of hydrogen-bond donors (Lipinski definition) is 2. The molecule has 0 aliphatic carbocycles. The van der Waals surface area contributed by atoms with E-state index in [2.05, 4.69) is 58.0 Å². The smallest absolute Gasteiger partial charge is 0.188 e. The van der Waals surface area contributed by atoms with Crippen molar-refractivity contribution in [2.24, 2.45) is 10.7 Å². The highest BCUT2D eigenvalue weighted by molar-refractivity contribution is 5.80.